The molecule has 1 saturated heterocycles. The summed E-state index contributed by atoms with van der Waals surface area (Å²) in [6.45, 7) is 0. The average molecular weight is 433 g/mol. The Bertz CT molecular complexity index is 1000. The van der Waals surface area contributed by atoms with Crippen molar-refractivity contribution in [3.63, 3.8) is 0 Å². The van der Waals surface area contributed by atoms with E-state index in [0.29, 0.717) is 18.6 Å². The van der Waals surface area contributed by atoms with Gasteiger partial charge in [-0.1, -0.05) is 49.2 Å². The fraction of sp³-hybridized carbons (Fsp3) is 0.536. The Kier molecular flexibility index (Phi) is 5.02. The highest BCUT2D eigenvalue weighted by molar-refractivity contribution is 5.91. The Morgan fingerprint density at radius 2 is 1.38 bits per heavy atom. The van der Waals surface area contributed by atoms with Crippen LogP contribution in [0.3, 0.4) is 0 Å². The highest BCUT2D eigenvalue weighted by Crippen LogP contribution is 2.57. The molecule has 5 aliphatic rings. The van der Waals surface area contributed by atoms with Gasteiger partial charge in [-0.25, -0.2) is 0 Å². The van der Waals surface area contributed by atoms with E-state index in [-0.39, 0.29) is 11.4 Å². The summed E-state index contributed by atoms with van der Waals surface area (Å²) in [5.74, 6) is 2.26. The molecule has 2 aromatic carbocycles. The van der Waals surface area contributed by atoms with Gasteiger partial charge in [-0.15, -0.1) is 0 Å². The molecule has 0 bridgehead atoms. The van der Waals surface area contributed by atoms with Crippen molar-refractivity contribution in [2.24, 2.45) is 0 Å². The molecule has 3 heterocycles. The lowest BCUT2D eigenvalue weighted by Gasteiger charge is -2.39. The lowest BCUT2D eigenvalue weighted by Crippen LogP contribution is -2.49. The first-order valence-corrected chi connectivity index (χ1v) is 12.4. The molecule has 4 nitrogen and oxygen atoms in total. The zero-order chi connectivity index (χ0) is 21.6. The topological polar surface area (TPSA) is 48.1 Å². The van der Waals surface area contributed by atoms with Gasteiger partial charge < -0.3 is 14.2 Å². The Morgan fingerprint density at radius 3 is 2.16 bits per heavy atom. The molecule has 7 rings (SSSR count). The molecular weight excluding hydrogens is 400 g/mol. The highest BCUT2D eigenvalue weighted by Gasteiger charge is 2.60. The van der Waals surface area contributed by atoms with E-state index in [9.17, 15) is 4.79 Å². The Morgan fingerprint density at radius 1 is 0.719 bits per heavy atom. The predicted molar refractivity (Wildman–Crippen MR) is 122 cm³/mol. The third-order valence-electron chi connectivity index (χ3n) is 8.05. The van der Waals surface area contributed by atoms with E-state index in [4.69, 9.17) is 14.2 Å². The first-order valence-electron chi connectivity index (χ1n) is 12.4. The summed E-state index contributed by atoms with van der Waals surface area (Å²) >= 11 is 0. The van der Waals surface area contributed by atoms with Crippen LogP contribution in [0.2, 0.25) is 0 Å². The van der Waals surface area contributed by atoms with Crippen LogP contribution in [0.5, 0.6) is 11.5 Å². The molecular formula is C28H32O4. The third-order valence-corrected chi connectivity index (χ3v) is 8.05. The van der Waals surface area contributed by atoms with Gasteiger partial charge >= 0.3 is 0 Å². The number of Topliss-reactive ketones (excluding diaryl/α,β-unsaturated/α-hetero) is 1. The van der Waals surface area contributed by atoms with E-state index in [1.54, 1.807) is 0 Å². The number of ketones is 1. The molecule has 32 heavy (non-hydrogen) atoms. The normalized spacial score (nSPS) is 28.2. The summed E-state index contributed by atoms with van der Waals surface area (Å²) in [6.07, 6.45) is 12.8. The zero-order valence-electron chi connectivity index (χ0n) is 18.7. The van der Waals surface area contributed by atoms with Gasteiger partial charge in [0.15, 0.2) is 11.4 Å². The van der Waals surface area contributed by atoms with Crippen LogP contribution in [0.15, 0.2) is 48.5 Å². The minimum absolute atomic E-state index is 0.0112. The van der Waals surface area contributed by atoms with Gasteiger partial charge in [-0.3, -0.25) is 4.79 Å². The SMILES string of the molecule is O=C1Cc2ccccc2OC12CCCCC2.c1ccc2c(c1)OC1(CCCCC1)C1OC21. The van der Waals surface area contributed by atoms with Crippen molar-refractivity contribution in [1.82, 2.24) is 0 Å². The standard InChI is InChI=1S/2C14H16O2/c1-4-8-14(9-5-1)13-12(15-13)10-6-2-3-7-11(10)16-14;15-13-10-11-6-2-3-7-12(11)16-14(13)8-4-1-5-9-14/h2-3,6-7,12-13H,1,4-5,8-9H2;2-3,6-7H,1,4-5,8-10H2. The molecule has 2 aromatic rings. The first-order chi connectivity index (χ1) is 15.7. The van der Waals surface area contributed by atoms with Crippen LogP contribution >= 0.6 is 0 Å². The molecule has 4 heteroatoms. The van der Waals surface area contributed by atoms with E-state index < -0.39 is 5.60 Å². The molecule has 0 aromatic heterocycles. The van der Waals surface area contributed by atoms with Crippen LogP contribution in [0, 0.1) is 0 Å². The number of rotatable bonds is 0. The maximum absolute atomic E-state index is 12.2. The lowest BCUT2D eigenvalue weighted by atomic mass is 9.78. The van der Waals surface area contributed by atoms with Gasteiger partial charge in [-0.05, 0) is 63.5 Å². The summed E-state index contributed by atoms with van der Waals surface area (Å²) in [4.78, 5) is 12.2. The molecule has 3 aliphatic heterocycles. The molecule has 2 aliphatic carbocycles. The van der Waals surface area contributed by atoms with E-state index >= 15 is 0 Å². The van der Waals surface area contributed by atoms with Crippen LogP contribution in [0.1, 0.15) is 81.4 Å². The monoisotopic (exact) mass is 432 g/mol. The van der Waals surface area contributed by atoms with E-state index in [1.807, 2.05) is 24.3 Å². The molecule has 0 N–H and O–H groups in total. The predicted octanol–water partition coefficient (Wildman–Crippen LogP) is 6.12. The average Bonchev–Trinajstić information content (AvgIpc) is 3.64. The van der Waals surface area contributed by atoms with E-state index in [1.165, 1.54) is 44.1 Å². The van der Waals surface area contributed by atoms with Gasteiger partial charge in [0.1, 0.15) is 29.3 Å². The second-order valence-corrected chi connectivity index (χ2v) is 10.1. The van der Waals surface area contributed by atoms with Crippen molar-refractivity contribution in [2.45, 2.75) is 94.0 Å². The number of hydrogen-bond donors (Lipinski definition) is 0. The smallest absolute Gasteiger partial charge is 0.180 e. The van der Waals surface area contributed by atoms with Gasteiger partial charge in [0.25, 0.3) is 0 Å². The largest absolute Gasteiger partial charge is 0.484 e. The van der Waals surface area contributed by atoms with Crippen LogP contribution in [-0.2, 0) is 16.0 Å². The van der Waals surface area contributed by atoms with Crippen molar-refractivity contribution >= 4 is 5.78 Å². The maximum Gasteiger partial charge on any atom is 0.180 e. The number of epoxide rings is 1. The Hall–Kier alpha value is -2.33. The van der Waals surface area contributed by atoms with Crippen LogP contribution < -0.4 is 9.47 Å². The van der Waals surface area contributed by atoms with Gasteiger partial charge in [0.05, 0.1) is 0 Å². The maximum atomic E-state index is 12.2. The van der Waals surface area contributed by atoms with Crippen molar-refractivity contribution in [3.05, 3.63) is 59.7 Å². The summed E-state index contributed by atoms with van der Waals surface area (Å²) < 4.78 is 18.2. The minimum atomic E-state index is -0.480. The Balaban J connectivity index is 0.000000122. The summed E-state index contributed by atoms with van der Waals surface area (Å²) in [6, 6.07) is 16.3. The number of hydrogen-bond acceptors (Lipinski definition) is 4. The van der Waals surface area contributed by atoms with E-state index in [2.05, 4.69) is 24.3 Å². The lowest BCUT2D eigenvalue weighted by molar-refractivity contribution is -0.138. The second kappa shape index (κ2) is 7.91. The molecule has 2 unspecified atom stereocenters. The highest BCUT2D eigenvalue weighted by atomic mass is 16.6. The zero-order valence-corrected chi connectivity index (χ0v) is 18.7. The quantitative estimate of drug-likeness (QED) is 0.471. The summed E-state index contributed by atoms with van der Waals surface area (Å²) in [5.41, 5.74) is 1.83. The molecule has 3 fully saturated rings. The van der Waals surface area contributed by atoms with Gasteiger partial charge in [0, 0.05) is 17.5 Å². The van der Waals surface area contributed by atoms with Crippen LogP contribution in [0.4, 0.5) is 0 Å². The Labute approximate surface area is 190 Å². The third kappa shape index (κ3) is 3.44. The van der Waals surface area contributed by atoms with Crippen molar-refractivity contribution in [1.29, 1.82) is 0 Å². The van der Waals surface area contributed by atoms with Gasteiger partial charge in [0.2, 0.25) is 0 Å². The molecule has 2 atom stereocenters. The number of benzene rings is 2. The number of carbonyl (C=O) groups is 1. The minimum Gasteiger partial charge on any atom is -0.484 e. The number of fused-ring (bicyclic) bond motifs is 5. The fourth-order valence-corrected chi connectivity index (χ4v) is 6.23. The van der Waals surface area contributed by atoms with Crippen LogP contribution in [0.25, 0.3) is 0 Å². The number of para-hydroxylation sites is 2. The fourth-order valence-electron chi connectivity index (χ4n) is 6.23. The molecule has 2 spiro atoms. The molecule has 168 valence electrons. The number of carbonyl (C=O) groups excluding carboxylic acids is 1. The van der Waals surface area contributed by atoms with Crippen molar-refractivity contribution in [2.75, 3.05) is 0 Å². The molecule has 2 saturated carbocycles. The van der Waals surface area contributed by atoms with Gasteiger partial charge in [-0.2, -0.15) is 0 Å². The van der Waals surface area contributed by atoms with E-state index in [0.717, 1.165) is 42.7 Å². The van der Waals surface area contributed by atoms with Crippen LogP contribution in [-0.4, -0.2) is 23.1 Å². The van der Waals surface area contributed by atoms with Crippen molar-refractivity contribution < 1.29 is 19.0 Å². The second-order valence-electron chi connectivity index (χ2n) is 10.1. The molecule has 0 amide bonds. The molecule has 0 radical (unpaired) electrons. The van der Waals surface area contributed by atoms with Crippen molar-refractivity contribution in [3.8, 4) is 11.5 Å². The first kappa shape index (κ1) is 20.3. The number of ether oxygens (including phenoxy) is 3. The summed E-state index contributed by atoms with van der Waals surface area (Å²) in [5, 5.41) is 0. The summed E-state index contributed by atoms with van der Waals surface area (Å²) in [7, 11) is 0.